The minimum absolute atomic E-state index is 0.219. The number of anilines is 1. The Hall–Kier alpha value is -2.71. The molecule has 1 aliphatic rings. The summed E-state index contributed by atoms with van der Waals surface area (Å²) in [6.45, 7) is 6.52. The normalized spacial score (nSPS) is 14.5. The number of rotatable bonds is 6. The minimum atomic E-state index is -0.813. The fourth-order valence-corrected chi connectivity index (χ4v) is 4.38. The van der Waals surface area contributed by atoms with Gasteiger partial charge in [0.15, 0.2) is 0 Å². The third-order valence-electron chi connectivity index (χ3n) is 4.74. The molecule has 0 spiro atoms. The summed E-state index contributed by atoms with van der Waals surface area (Å²) in [5.41, 5.74) is 1.77. The van der Waals surface area contributed by atoms with Crippen LogP contribution in [0.2, 0.25) is 0 Å². The smallest absolute Gasteiger partial charge is 0.341 e. The van der Waals surface area contributed by atoms with E-state index in [2.05, 4.69) is 10.6 Å². The van der Waals surface area contributed by atoms with Crippen molar-refractivity contribution in [2.75, 3.05) is 18.5 Å². The molecule has 7 nitrogen and oxygen atoms in total. The largest absolute Gasteiger partial charge is 0.462 e. The van der Waals surface area contributed by atoms with Crippen LogP contribution in [0.4, 0.5) is 5.00 Å². The molecule has 2 N–H and O–H groups in total. The van der Waals surface area contributed by atoms with Crippen LogP contribution in [0.3, 0.4) is 0 Å². The molecule has 0 unspecified atom stereocenters. The van der Waals surface area contributed by atoms with Gasteiger partial charge in [-0.15, -0.1) is 11.3 Å². The van der Waals surface area contributed by atoms with Gasteiger partial charge >= 0.3 is 17.8 Å². The molecule has 0 bridgehead atoms. The number of carbonyl (C=O) groups is 3. The molecule has 2 amide bonds. The topological polar surface area (TPSA) is 93.7 Å². The van der Waals surface area contributed by atoms with Crippen LogP contribution in [0.25, 0.3) is 0 Å². The number of amides is 2. The highest BCUT2D eigenvalue weighted by Gasteiger charge is 2.34. The van der Waals surface area contributed by atoms with E-state index in [1.807, 2.05) is 44.2 Å². The van der Waals surface area contributed by atoms with Gasteiger partial charge in [0.05, 0.1) is 24.4 Å². The first-order valence-electron chi connectivity index (χ1n) is 9.89. The van der Waals surface area contributed by atoms with Gasteiger partial charge in [0.1, 0.15) is 5.00 Å². The van der Waals surface area contributed by atoms with Gasteiger partial charge in [-0.05, 0) is 38.3 Å². The van der Waals surface area contributed by atoms with E-state index >= 15 is 0 Å². The van der Waals surface area contributed by atoms with Crippen LogP contribution >= 0.6 is 11.3 Å². The molecule has 3 rings (SSSR count). The summed E-state index contributed by atoms with van der Waals surface area (Å²) in [7, 11) is 0. The lowest BCUT2D eigenvalue weighted by Crippen LogP contribution is -2.36. The zero-order chi connectivity index (χ0) is 21.7. The van der Waals surface area contributed by atoms with E-state index < -0.39 is 23.4 Å². The molecule has 160 valence electrons. The highest BCUT2D eigenvalue weighted by atomic mass is 32.1. The van der Waals surface area contributed by atoms with E-state index in [1.54, 1.807) is 6.92 Å². The summed E-state index contributed by atoms with van der Waals surface area (Å²) < 4.78 is 11.0. The van der Waals surface area contributed by atoms with E-state index in [9.17, 15) is 14.4 Å². The predicted molar refractivity (Wildman–Crippen MR) is 115 cm³/mol. The number of carbonyl (C=O) groups excluding carboxylic acids is 3. The van der Waals surface area contributed by atoms with Crippen LogP contribution in [0.5, 0.6) is 0 Å². The van der Waals surface area contributed by atoms with Crippen LogP contribution in [0, 0.1) is 0 Å². The van der Waals surface area contributed by atoms with Crippen LogP contribution in [0.15, 0.2) is 30.3 Å². The fraction of sp³-hybridized carbons (Fsp3) is 0.409. The van der Waals surface area contributed by atoms with Gasteiger partial charge in [-0.2, -0.15) is 0 Å². The Morgan fingerprint density at radius 1 is 1.17 bits per heavy atom. The second-order valence-corrected chi connectivity index (χ2v) is 8.70. The standard InChI is InChI=1S/C22H26N2O5S/c1-4-28-21(27)17-15-12-22(2,3)29-13-16(15)30-20(17)24-19(26)18(25)23-11-10-14-8-6-5-7-9-14/h5-9H,4,10-13H2,1-3H3,(H,23,25)(H,24,26). The SMILES string of the molecule is CCOC(=O)c1c(NC(=O)C(=O)NCCc2ccccc2)sc2c1CC(C)(C)OC2. The monoisotopic (exact) mass is 430 g/mol. The number of hydrogen-bond acceptors (Lipinski definition) is 6. The van der Waals surface area contributed by atoms with Crippen molar-refractivity contribution in [1.29, 1.82) is 0 Å². The molecule has 30 heavy (non-hydrogen) atoms. The highest BCUT2D eigenvalue weighted by molar-refractivity contribution is 7.17. The lowest BCUT2D eigenvalue weighted by Gasteiger charge is -2.30. The van der Waals surface area contributed by atoms with Crippen molar-refractivity contribution in [2.45, 2.75) is 45.8 Å². The second-order valence-electron chi connectivity index (χ2n) is 7.60. The third-order valence-corrected chi connectivity index (χ3v) is 5.86. The quantitative estimate of drug-likeness (QED) is 0.543. The average molecular weight is 431 g/mol. The summed E-state index contributed by atoms with van der Waals surface area (Å²) in [5, 5.41) is 5.53. The van der Waals surface area contributed by atoms with Crippen molar-refractivity contribution < 1.29 is 23.9 Å². The average Bonchev–Trinajstić information content (AvgIpc) is 3.04. The summed E-state index contributed by atoms with van der Waals surface area (Å²) >= 11 is 1.25. The van der Waals surface area contributed by atoms with Gasteiger partial charge in [0.25, 0.3) is 0 Å². The predicted octanol–water partition coefficient (Wildman–Crippen LogP) is 3.07. The number of fused-ring (bicyclic) bond motifs is 1. The van der Waals surface area contributed by atoms with Crippen molar-refractivity contribution in [3.8, 4) is 0 Å². The number of benzene rings is 1. The summed E-state index contributed by atoms with van der Waals surface area (Å²) in [5.74, 6) is -2.07. The first-order chi connectivity index (χ1) is 14.3. The van der Waals surface area contributed by atoms with Gasteiger partial charge in [0.2, 0.25) is 0 Å². The van der Waals surface area contributed by atoms with E-state index in [0.29, 0.717) is 36.6 Å². The van der Waals surface area contributed by atoms with Gasteiger partial charge in [0, 0.05) is 17.8 Å². The Labute approximate surface area is 179 Å². The Morgan fingerprint density at radius 2 is 1.90 bits per heavy atom. The van der Waals surface area contributed by atoms with Gasteiger partial charge in [-0.1, -0.05) is 30.3 Å². The molecule has 2 heterocycles. The zero-order valence-electron chi connectivity index (χ0n) is 17.4. The van der Waals surface area contributed by atoms with E-state index in [-0.39, 0.29) is 6.61 Å². The maximum Gasteiger partial charge on any atom is 0.341 e. The molecule has 1 aliphatic heterocycles. The number of thiophene rings is 1. The molecule has 1 aromatic carbocycles. The Kier molecular flexibility index (Phi) is 6.89. The number of ether oxygens (including phenoxy) is 2. The Morgan fingerprint density at radius 3 is 2.60 bits per heavy atom. The minimum Gasteiger partial charge on any atom is -0.462 e. The van der Waals surface area contributed by atoms with Crippen LogP contribution in [-0.4, -0.2) is 36.5 Å². The molecule has 0 fully saturated rings. The van der Waals surface area contributed by atoms with Crippen molar-refractivity contribution in [2.24, 2.45) is 0 Å². The lowest BCUT2D eigenvalue weighted by molar-refractivity contribution is -0.136. The molecule has 0 aliphatic carbocycles. The summed E-state index contributed by atoms with van der Waals surface area (Å²) in [6.07, 6.45) is 1.14. The Bertz CT molecular complexity index is 937. The highest BCUT2D eigenvalue weighted by Crippen LogP contribution is 2.40. The first kappa shape index (κ1) is 22.0. The lowest BCUT2D eigenvalue weighted by atomic mass is 9.93. The van der Waals surface area contributed by atoms with E-state index in [1.165, 1.54) is 11.3 Å². The summed E-state index contributed by atoms with van der Waals surface area (Å²) in [6, 6.07) is 9.67. The molecule has 8 heteroatoms. The van der Waals surface area contributed by atoms with Gasteiger partial charge in [-0.3, -0.25) is 9.59 Å². The molecule has 0 saturated carbocycles. The molecule has 1 aromatic heterocycles. The van der Waals surface area contributed by atoms with Crippen molar-refractivity contribution in [3.05, 3.63) is 51.9 Å². The van der Waals surface area contributed by atoms with Gasteiger partial charge < -0.3 is 20.1 Å². The third kappa shape index (κ3) is 5.25. The molecule has 0 radical (unpaired) electrons. The maximum absolute atomic E-state index is 12.6. The summed E-state index contributed by atoms with van der Waals surface area (Å²) in [4.78, 5) is 38.1. The van der Waals surface area contributed by atoms with Crippen LogP contribution in [0.1, 0.15) is 47.1 Å². The van der Waals surface area contributed by atoms with Crippen molar-refractivity contribution in [3.63, 3.8) is 0 Å². The van der Waals surface area contributed by atoms with Gasteiger partial charge in [-0.25, -0.2) is 4.79 Å². The van der Waals surface area contributed by atoms with Crippen LogP contribution < -0.4 is 10.6 Å². The molecule has 2 aromatic rings. The Balaban J connectivity index is 1.70. The molecular formula is C22H26N2O5S. The first-order valence-corrected chi connectivity index (χ1v) is 10.7. The molecular weight excluding hydrogens is 404 g/mol. The fourth-order valence-electron chi connectivity index (χ4n) is 3.27. The second kappa shape index (κ2) is 9.40. The molecule has 0 atom stereocenters. The number of hydrogen-bond donors (Lipinski definition) is 2. The number of nitrogens with one attached hydrogen (secondary N) is 2. The maximum atomic E-state index is 12.6. The molecule has 0 saturated heterocycles. The number of esters is 1. The van der Waals surface area contributed by atoms with E-state index in [4.69, 9.17) is 9.47 Å². The van der Waals surface area contributed by atoms with Crippen LogP contribution in [-0.2, 0) is 38.5 Å². The van der Waals surface area contributed by atoms with Crippen molar-refractivity contribution in [1.82, 2.24) is 5.32 Å². The van der Waals surface area contributed by atoms with Crippen molar-refractivity contribution >= 4 is 34.1 Å². The van der Waals surface area contributed by atoms with E-state index in [0.717, 1.165) is 16.0 Å². The zero-order valence-corrected chi connectivity index (χ0v) is 18.2.